The van der Waals surface area contributed by atoms with Gasteiger partial charge in [0.05, 0.1) is 12.2 Å². The lowest BCUT2D eigenvalue weighted by atomic mass is 9.68. The smallest absolute Gasteiger partial charge is 0.119 e. The van der Waals surface area contributed by atoms with Gasteiger partial charge in [0, 0.05) is 6.42 Å². The van der Waals surface area contributed by atoms with Crippen LogP contribution in [-0.2, 0) is 0 Å². The van der Waals surface area contributed by atoms with E-state index in [4.69, 9.17) is 4.74 Å². The Hall–Kier alpha value is -1.02. The lowest BCUT2D eigenvalue weighted by molar-refractivity contribution is 0.115. The fourth-order valence-corrected chi connectivity index (χ4v) is 5.86. The summed E-state index contributed by atoms with van der Waals surface area (Å²) in [5.41, 5.74) is 1.49. The third kappa shape index (κ3) is 6.24. The van der Waals surface area contributed by atoms with Crippen molar-refractivity contribution < 1.29 is 9.84 Å². The summed E-state index contributed by atoms with van der Waals surface area (Å²) >= 11 is 0. The third-order valence-corrected chi connectivity index (χ3v) is 7.39. The van der Waals surface area contributed by atoms with Crippen molar-refractivity contribution in [3.63, 3.8) is 0 Å². The van der Waals surface area contributed by atoms with Crippen molar-refractivity contribution in [3.05, 3.63) is 29.8 Å². The monoisotopic (exact) mass is 386 g/mol. The predicted molar refractivity (Wildman–Crippen MR) is 118 cm³/mol. The summed E-state index contributed by atoms with van der Waals surface area (Å²) in [7, 11) is 0. The van der Waals surface area contributed by atoms with Gasteiger partial charge in [-0.3, -0.25) is 0 Å². The van der Waals surface area contributed by atoms with Crippen molar-refractivity contribution in [2.45, 2.75) is 110 Å². The molecule has 2 aliphatic rings. The van der Waals surface area contributed by atoms with Crippen LogP contribution in [0.5, 0.6) is 5.75 Å². The number of aliphatic hydroxyl groups excluding tert-OH is 1. The van der Waals surface area contributed by atoms with Crippen LogP contribution in [0.4, 0.5) is 0 Å². The van der Waals surface area contributed by atoms with Crippen LogP contribution in [0.25, 0.3) is 0 Å². The van der Waals surface area contributed by atoms with E-state index in [9.17, 15) is 5.11 Å². The summed E-state index contributed by atoms with van der Waals surface area (Å²) in [5, 5.41) is 9.49. The molecular weight excluding hydrogens is 344 g/mol. The molecule has 1 N–H and O–H groups in total. The normalized spacial score (nSPS) is 30.6. The highest BCUT2D eigenvalue weighted by Crippen LogP contribution is 2.44. The molecule has 2 fully saturated rings. The molecule has 2 atom stereocenters. The summed E-state index contributed by atoms with van der Waals surface area (Å²) in [6.45, 7) is 6.18. The SMILES string of the molecule is CCCC1CCC(C2CCC(c3ccc(OC(C)CC(C)O)cc3)CC2)CC1. The second-order valence-electron chi connectivity index (χ2n) is 9.76. The van der Waals surface area contributed by atoms with Crippen molar-refractivity contribution in [1.82, 2.24) is 0 Å². The van der Waals surface area contributed by atoms with Crippen molar-refractivity contribution in [2.24, 2.45) is 17.8 Å². The first-order valence-electron chi connectivity index (χ1n) is 12.0. The van der Waals surface area contributed by atoms with Crippen LogP contribution in [0.15, 0.2) is 24.3 Å². The van der Waals surface area contributed by atoms with Gasteiger partial charge in [-0.15, -0.1) is 0 Å². The number of aliphatic hydroxyl groups is 1. The van der Waals surface area contributed by atoms with E-state index in [2.05, 4.69) is 31.2 Å². The first-order chi connectivity index (χ1) is 13.5. The maximum atomic E-state index is 9.49. The standard InChI is InChI=1S/C26H42O2/c1-4-5-21-6-8-22(9-7-21)23-10-12-24(13-11-23)25-14-16-26(17-15-25)28-20(3)18-19(2)27/h14-17,19-24,27H,4-13,18H2,1-3H3. The Morgan fingerprint density at radius 3 is 2.00 bits per heavy atom. The Morgan fingerprint density at radius 1 is 0.893 bits per heavy atom. The second-order valence-corrected chi connectivity index (χ2v) is 9.76. The molecule has 0 bridgehead atoms. The maximum absolute atomic E-state index is 9.49. The fraction of sp³-hybridized carbons (Fsp3) is 0.769. The molecule has 28 heavy (non-hydrogen) atoms. The Balaban J connectivity index is 1.43. The molecule has 2 aliphatic carbocycles. The first kappa shape index (κ1) is 21.7. The molecule has 0 radical (unpaired) electrons. The molecule has 0 amide bonds. The largest absolute Gasteiger partial charge is 0.491 e. The summed E-state index contributed by atoms with van der Waals surface area (Å²) < 4.78 is 5.93. The lowest BCUT2D eigenvalue weighted by Crippen LogP contribution is -2.25. The van der Waals surface area contributed by atoms with Gasteiger partial charge in [0.25, 0.3) is 0 Å². The minimum atomic E-state index is -0.314. The highest BCUT2D eigenvalue weighted by molar-refractivity contribution is 5.30. The van der Waals surface area contributed by atoms with Gasteiger partial charge in [-0.1, -0.05) is 44.7 Å². The molecule has 2 saturated carbocycles. The highest BCUT2D eigenvalue weighted by atomic mass is 16.5. The quantitative estimate of drug-likeness (QED) is 0.516. The summed E-state index contributed by atoms with van der Waals surface area (Å²) in [5.74, 6) is 4.69. The number of benzene rings is 1. The average Bonchev–Trinajstić information content (AvgIpc) is 2.69. The van der Waals surface area contributed by atoms with E-state index in [1.165, 1.54) is 69.8 Å². The molecule has 0 spiro atoms. The third-order valence-electron chi connectivity index (χ3n) is 7.39. The Bertz CT molecular complexity index is 548. The van der Waals surface area contributed by atoms with E-state index >= 15 is 0 Å². The Kier molecular flexibility index (Phi) is 8.26. The van der Waals surface area contributed by atoms with Gasteiger partial charge < -0.3 is 9.84 Å². The van der Waals surface area contributed by atoms with Gasteiger partial charge in [-0.25, -0.2) is 0 Å². The molecule has 158 valence electrons. The number of hydrogen-bond acceptors (Lipinski definition) is 2. The Morgan fingerprint density at radius 2 is 1.46 bits per heavy atom. The Labute approximate surface area is 173 Å². The first-order valence-corrected chi connectivity index (χ1v) is 12.0. The van der Waals surface area contributed by atoms with E-state index in [1.54, 1.807) is 0 Å². The average molecular weight is 387 g/mol. The van der Waals surface area contributed by atoms with Gasteiger partial charge in [0.15, 0.2) is 0 Å². The minimum absolute atomic E-state index is 0.0497. The zero-order valence-corrected chi connectivity index (χ0v) is 18.4. The molecule has 1 aromatic rings. The van der Waals surface area contributed by atoms with Crippen LogP contribution in [-0.4, -0.2) is 17.3 Å². The van der Waals surface area contributed by atoms with Crippen molar-refractivity contribution in [2.75, 3.05) is 0 Å². The molecule has 2 nitrogen and oxygen atoms in total. The van der Waals surface area contributed by atoms with E-state index < -0.39 is 0 Å². The lowest BCUT2D eigenvalue weighted by Gasteiger charge is -2.38. The molecule has 2 unspecified atom stereocenters. The van der Waals surface area contributed by atoms with Gasteiger partial charge >= 0.3 is 0 Å². The van der Waals surface area contributed by atoms with Crippen LogP contribution in [0.2, 0.25) is 0 Å². The molecule has 0 saturated heterocycles. The molecule has 0 heterocycles. The van der Waals surface area contributed by atoms with Crippen LogP contribution < -0.4 is 4.74 Å². The van der Waals surface area contributed by atoms with Gasteiger partial charge in [0.1, 0.15) is 5.75 Å². The van der Waals surface area contributed by atoms with Crippen molar-refractivity contribution in [1.29, 1.82) is 0 Å². The van der Waals surface area contributed by atoms with Crippen LogP contribution in [0.1, 0.15) is 103 Å². The minimum Gasteiger partial charge on any atom is -0.491 e. The van der Waals surface area contributed by atoms with E-state index in [0.717, 1.165) is 29.4 Å². The van der Waals surface area contributed by atoms with Crippen LogP contribution in [0.3, 0.4) is 0 Å². The van der Waals surface area contributed by atoms with E-state index in [-0.39, 0.29) is 12.2 Å². The predicted octanol–water partition coefficient (Wildman–Crippen LogP) is 7.11. The maximum Gasteiger partial charge on any atom is 0.119 e. The zero-order valence-electron chi connectivity index (χ0n) is 18.4. The topological polar surface area (TPSA) is 29.5 Å². The molecule has 0 aromatic heterocycles. The molecule has 2 heteroatoms. The second kappa shape index (κ2) is 10.7. The van der Waals surface area contributed by atoms with Gasteiger partial charge in [-0.2, -0.15) is 0 Å². The van der Waals surface area contributed by atoms with E-state index in [0.29, 0.717) is 6.42 Å². The van der Waals surface area contributed by atoms with E-state index in [1.807, 2.05) is 13.8 Å². The number of rotatable bonds is 8. The molecule has 0 aliphatic heterocycles. The summed E-state index contributed by atoms with van der Waals surface area (Å²) in [6, 6.07) is 8.78. The highest BCUT2D eigenvalue weighted by Gasteiger charge is 2.31. The molecule has 1 aromatic carbocycles. The van der Waals surface area contributed by atoms with Crippen LogP contribution >= 0.6 is 0 Å². The van der Waals surface area contributed by atoms with Crippen LogP contribution in [0, 0.1) is 17.8 Å². The van der Waals surface area contributed by atoms with Crippen molar-refractivity contribution in [3.8, 4) is 5.75 Å². The fourth-order valence-electron chi connectivity index (χ4n) is 5.86. The molecular formula is C26H42O2. The molecule has 3 rings (SSSR count). The zero-order chi connectivity index (χ0) is 19.9. The number of hydrogen-bond donors (Lipinski definition) is 1. The van der Waals surface area contributed by atoms with Crippen molar-refractivity contribution >= 4 is 0 Å². The van der Waals surface area contributed by atoms with Gasteiger partial charge in [0.2, 0.25) is 0 Å². The van der Waals surface area contributed by atoms with Gasteiger partial charge in [-0.05, 0) is 93.7 Å². The summed E-state index contributed by atoms with van der Waals surface area (Å²) in [6.07, 6.45) is 14.8. The number of ether oxygens (including phenoxy) is 1. The summed E-state index contributed by atoms with van der Waals surface area (Å²) in [4.78, 5) is 0.